The molecule has 0 saturated heterocycles. The molecule has 0 radical (unpaired) electrons. The number of anilines is 2. The van der Waals surface area contributed by atoms with Gasteiger partial charge in [0.15, 0.2) is 0 Å². The van der Waals surface area contributed by atoms with Crippen LogP contribution in [0.25, 0.3) is 0 Å². The summed E-state index contributed by atoms with van der Waals surface area (Å²) in [4.78, 5) is 15.9. The first-order valence-electron chi connectivity index (χ1n) is 6.67. The van der Waals surface area contributed by atoms with Gasteiger partial charge in [0, 0.05) is 26.5 Å². The van der Waals surface area contributed by atoms with Gasteiger partial charge in [-0.3, -0.25) is 4.79 Å². The Morgan fingerprint density at radius 1 is 1.33 bits per heavy atom. The highest BCUT2D eigenvalue weighted by molar-refractivity contribution is 14.1. The number of hydrogen-bond acceptors (Lipinski definition) is 3. The summed E-state index contributed by atoms with van der Waals surface area (Å²) in [7, 11) is 0. The van der Waals surface area contributed by atoms with Crippen LogP contribution in [0.5, 0.6) is 0 Å². The summed E-state index contributed by atoms with van der Waals surface area (Å²) < 4.78 is 1.02. The van der Waals surface area contributed by atoms with Crippen LogP contribution >= 0.6 is 34.4 Å². The Kier molecular flexibility index (Phi) is 4.12. The first-order valence-corrected chi connectivity index (χ1v) is 8.73. The van der Waals surface area contributed by atoms with Crippen molar-refractivity contribution in [1.82, 2.24) is 0 Å². The summed E-state index contributed by atoms with van der Waals surface area (Å²) in [6.45, 7) is 2.74. The molecule has 3 nitrogen and oxygen atoms in total. The maximum Gasteiger partial charge on any atom is 0.259 e. The van der Waals surface area contributed by atoms with Crippen LogP contribution in [0.15, 0.2) is 41.3 Å². The van der Waals surface area contributed by atoms with Crippen molar-refractivity contribution in [3.05, 3.63) is 51.1 Å². The molecule has 0 spiro atoms. The second kappa shape index (κ2) is 5.88. The van der Waals surface area contributed by atoms with E-state index < -0.39 is 0 Å². The Bertz CT molecular complexity index is 717. The van der Waals surface area contributed by atoms with Gasteiger partial charge in [-0.15, -0.1) is 11.8 Å². The minimum absolute atomic E-state index is 0.0512. The highest BCUT2D eigenvalue weighted by Gasteiger charge is 2.25. The van der Waals surface area contributed by atoms with Gasteiger partial charge < -0.3 is 10.6 Å². The third kappa shape index (κ3) is 2.76. The fourth-order valence-electron chi connectivity index (χ4n) is 2.40. The van der Waals surface area contributed by atoms with Crippen molar-refractivity contribution in [2.24, 2.45) is 0 Å². The Morgan fingerprint density at radius 3 is 2.95 bits per heavy atom. The Morgan fingerprint density at radius 2 is 2.14 bits per heavy atom. The minimum Gasteiger partial charge on any atom is -0.399 e. The third-order valence-corrected chi connectivity index (χ3v) is 5.99. The number of nitrogens with two attached hydrogens (primary N) is 1. The Hall–Kier alpha value is -1.21. The zero-order chi connectivity index (χ0) is 15.0. The lowest BCUT2D eigenvalue weighted by atomic mass is 10.1. The molecular formula is C16H15IN2OS. The van der Waals surface area contributed by atoms with E-state index in [1.54, 1.807) is 11.8 Å². The van der Waals surface area contributed by atoms with E-state index in [2.05, 4.69) is 22.6 Å². The Labute approximate surface area is 142 Å². The number of thioether (sulfide) groups is 1. The SMILES string of the molecule is Cc1cccc(C(=O)N2CCSc3ccc(N)cc32)c1I. The van der Waals surface area contributed by atoms with E-state index >= 15 is 0 Å². The zero-order valence-electron chi connectivity index (χ0n) is 11.6. The minimum atomic E-state index is 0.0512. The van der Waals surface area contributed by atoms with Crippen molar-refractivity contribution in [3.63, 3.8) is 0 Å². The molecule has 0 unspecified atom stereocenters. The molecule has 21 heavy (non-hydrogen) atoms. The number of nitrogen functional groups attached to an aromatic ring is 1. The lowest BCUT2D eigenvalue weighted by molar-refractivity contribution is 0.0987. The van der Waals surface area contributed by atoms with Gasteiger partial charge in [0.05, 0.1) is 11.3 Å². The number of nitrogens with zero attached hydrogens (tertiary/aromatic N) is 1. The predicted octanol–water partition coefficient (Wildman–Crippen LogP) is 3.93. The monoisotopic (exact) mass is 410 g/mol. The van der Waals surface area contributed by atoms with Gasteiger partial charge in [0.2, 0.25) is 0 Å². The molecule has 0 saturated carbocycles. The highest BCUT2D eigenvalue weighted by Crippen LogP contribution is 2.37. The fraction of sp³-hybridized carbons (Fsp3) is 0.188. The molecule has 2 aromatic carbocycles. The number of fused-ring (bicyclic) bond motifs is 1. The summed E-state index contributed by atoms with van der Waals surface area (Å²) in [5, 5.41) is 0. The molecule has 5 heteroatoms. The summed E-state index contributed by atoms with van der Waals surface area (Å²) in [6.07, 6.45) is 0. The van der Waals surface area contributed by atoms with Crippen LogP contribution in [0.2, 0.25) is 0 Å². The lowest BCUT2D eigenvalue weighted by Gasteiger charge is -2.29. The molecule has 1 aliphatic rings. The summed E-state index contributed by atoms with van der Waals surface area (Å²) >= 11 is 4.01. The summed E-state index contributed by atoms with van der Waals surface area (Å²) in [6, 6.07) is 11.6. The van der Waals surface area contributed by atoms with E-state index in [0.717, 1.165) is 31.0 Å². The molecule has 108 valence electrons. The second-order valence-corrected chi connectivity index (χ2v) is 7.18. The molecule has 0 fully saturated rings. The van der Waals surface area contributed by atoms with E-state index in [0.29, 0.717) is 12.2 Å². The number of carbonyl (C=O) groups is 1. The number of aryl methyl sites for hydroxylation is 1. The molecule has 2 N–H and O–H groups in total. The molecule has 0 atom stereocenters. The van der Waals surface area contributed by atoms with Crippen molar-refractivity contribution < 1.29 is 4.79 Å². The van der Waals surface area contributed by atoms with Crippen molar-refractivity contribution in [2.75, 3.05) is 22.9 Å². The van der Waals surface area contributed by atoms with Crippen molar-refractivity contribution in [2.45, 2.75) is 11.8 Å². The summed E-state index contributed by atoms with van der Waals surface area (Å²) in [5.74, 6) is 0.959. The lowest BCUT2D eigenvalue weighted by Crippen LogP contribution is -2.36. The van der Waals surface area contributed by atoms with Crippen LogP contribution in [0.3, 0.4) is 0 Å². The molecular weight excluding hydrogens is 395 g/mol. The number of rotatable bonds is 1. The van der Waals surface area contributed by atoms with E-state index in [9.17, 15) is 4.79 Å². The molecule has 1 aliphatic heterocycles. The van der Waals surface area contributed by atoms with E-state index in [1.807, 2.05) is 48.2 Å². The first-order chi connectivity index (χ1) is 10.1. The van der Waals surface area contributed by atoms with Crippen LogP contribution in [0.4, 0.5) is 11.4 Å². The number of hydrogen-bond donors (Lipinski definition) is 1. The van der Waals surface area contributed by atoms with Gasteiger partial charge >= 0.3 is 0 Å². The van der Waals surface area contributed by atoms with E-state index in [1.165, 1.54) is 0 Å². The first kappa shape index (κ1) is 14.7. The van der Waals surface area contributed by atoms with Crippen LogP contribution < -0.4 is 10.6 Å². The number of carbonyl (C=O) groups excluding carboxylic acids is 1. The number of benzene rings is 2. The van der Waals surface area contributed by atoms with Gasteiger partial charge in [0.25, 0.3) is 5.91 Å². The molecule has 3 rings (SSSR count). The average Bonchev–Trinajstić information content (AvgIpc) is 2.48. The van der Waals surface area contributed by atoms with Gasteiger partial charge in [-0.05, 0) is 59.3 Å². The van der Waals surface area contributed by atoms with Gasteiger partial charge in [-0.2, -0.15) is 0 Å². The average molecular weight is 410 g/mol. The van der Waals surface area contributed by atoms with Crippen molar-refractivity contribution >= 4 is 51.6 Å². The maximum atomic E-state index is 12.9. The molecule has 0 aliphatic carbocycles. The van der Waals surface area contributed by atoms with Gasteiger partial charge in [-0.1, -0.05) is 12.1 Å². The quantitative estimate of drug-likeness (QED) is 0.573. The maximum absolute atomic E-state index is 12.9. The fourth-order valence-corrected chi connectivity index (χ4v) is 3.97. The highest BCUT2D eigenvalue weighted by atomic mass is 127. The van der Waals surface area contributed by atoms with Crippen molar-refractivity contribution in [1.29, 1.82) is 0 Å². The molecule has 2 aromatic rings. The number of amides is 1. The van der Waals surface area contributed by atoms with Crippen molar-refractivity contribution in [3.8, 4) is 0 Å². The topological polar surface area (TPSA) is 46.3 Å². The third-order valence-electron chi connectivity index (χ3n) is 3.51. The van der Waals surface area contributed by atoms with Gasteiger partial charge in [-0.25, -0.2) is 0 Å². The molecule has 1 amide bonds. The predicted molar refractivity (Wildman–Crippen MR) is 97.2 cm³/mol. The molecule has 0 aromatic heterocycles. The molecule has 1 heterocycles. The van der Waals surface area contributed by atoms with Crippen LogP contribution in [0.1, 0.15) is 15.9 Å². The Balaban J connectivity index is 2.04. The summed E-state index contributed by atoms with van der Waals surface area (Å²) in [5.41, 5.74) is 9.39. The largest absolute Gasteiger partial charge is 0.399 e. The van der Waals surface area contributed by atoms with Crippen LogP contribution in [0, 0.1) is 10.5 Å². The van der Waals surface area contributed by atoms with Gasteiger partial charge in [0.1, 0.15) is 0 Å². The van der Waals surface area contributed by atoms with E-state index in [4.69, 9.17) is 5.73 Å². The van der Waals surface area contributed by atoms with E-state index in [-0.39, 0.29) is 5.91 Å². The standard InChI is InChI=1S/C16H15IN2OS/c1-10-3-2-4-12(15(10)17)16(20)19-7-8-21-14-6-5-11(18)9-13(14)19/h2-6,9H,7-8,18H2,1H3. The second-order valence-electron chi connectivity index (χ2n) is 4.97. The number of halogens is 1. The zero-order valence-corrected chi connectivity index (χ0v) is 14.6. The smallest absolute Gasteiger partial charge is 0.259 e. The van der Waals surface area contributed by atoms with Crippen LogP contribution in [-0.2, 0) is 0 Å². The van der Waals surface area contributed by atoms with Crippen LogP contribution in [-0.4, -0.2) is 18.2 Å². The molecule has 0 bridgehead atoms. The normalized spacial score (nSPS) is 13.9.